The molecular weight excluding hydrogens is 312 g/mol. The van der Waals surface area contributed by atoms with Crippen molar-refractivity contribution in [3.63, 3.8) is 0 Å². The van der Waals surface area contributed by atoms with Crippen molar-refractivity contribution in [2.75, 3.05) is 17.2 Å². The molecule has 0 radical (unpaired) electrons. The Morgan fingerprint density at radius 3 is 2.84 bits per heavy atom. The van der Waals surface area contributed by atoms with Crippen molar-refractivity contribution in [1.82, 2.24) is 9.97 Å². The highest BCUT2D eigenvalue weighted by molar-refractivity contribution is 6.08. The number of hydrogen-bond donors (Lipinski definition) is 2. The average molecular weight is 334 g/mol. The molecule has 0 aliphatic carbocycles. The molecule has 0 bridgehead atoms. The minimum atomic E-state index is -0.196. The molecule has 1 amide bonds. The molecule has 0 saturated carbocycles. The zero-order valence-electron chi connectivity index (χ0n) is 14.5. The van der Waals surface area contributed by atoms with Crippen LogP contribution < -0.4 is 10.6 Å². The van der Waals surface area contributed by atoms with Gasteiger partial charge in [-0.1, -0.05) is 32.0 Å². The summed E-state index contributed by atoms with van der Waals surface area (Å²) in [6, 6.07) is 11.4. The zero-order chi connectivity index (χ0) is 17.6. The molecular formula is C20H22N4O. The van der Waals surface area contributed by atoms with Crippen LogP contribution in [0.4, 0.5) is 11.4 Å². The van der Waals surface area contributed by atoms with Gasteiger partial charge in [-0.3, -0.25) is 14.8 Å². The molecule has 0 spiro atoms. The van der Waals surface area contributed by atoms with Crippen molar-refractivity contribution >= 4 is 28.2 Å². The number of aromatic nitrogens is 2. The third-order valence-corrected chi connectivity index (χ3v) is 3.93. The van der Waals surface area contributed by atoms with Gasteiger partial charge in [-0.25, -0.2) is 0 Å². The maximum atomic E-state index is 12.6. The Bertz CT molecular complexity index is 871. The van der Waals surface area contributed by atoms with Gasteiger partial charge >= 0.3 is 0 Å². The third-order valence-electron chi connectivity index (χ3n) is 3.93. The number of pyridine rings is 2. The predicted molar refractivity (Wildman–Crippen MR) is 102 cm³/mol. The van der Waals surface area contributed by atoms with Crippen molar-refractivity contribution in [1.29, 1.82) is 0 Å². The van der Waals surface area contributed by atoms with Gasteiger partial charge in [0.2, 0.25) is 0 Å². The number of hydrogen-bond acceptors (Lipinski definition) is 4. The van der Waals surface area contributed by atoms with E-state index in [1.54, 1.807) is 18.6 Å². The maximum absolute atomic E-state index is 12.6. The van der Waals surface area contributed by atoms with E-state index in [1.165, 1.54) is 0 Å². The van der Waals surface area contributed by atoms with Crippen molar-refractivity contribution < 1.29 is 4.79 Å². The Balaban J connectivity index is 1.74. The van der Waals surface area contributed by atoms with E-state index in [0.29, 0.717) is 17.2 Å². The fourth-order valence-electron chi connectivity index (χ4n) is 2.57. The van der Waals surface area contributed by atoms with Crippen molar-refractivity contribution in [2.24, 2.45) is 5.92 Å². The van der Waals surface area contributed by atoms with E-state index in [0.717, 1.165) is 29.6 Å². The van der Waals surface area contributed by atoms with Crippen LogP contribution in [0.3, 0.4) is 0 Å². The second kappa shape index (κ2) is 7.75. The van der Waals surface area contributed by atoms with E-state index in [4.69, 9.17) is 0 Å². The Hall–Kier alpha value is -2.95. The van der Waals surface area contributed by atoms with Crippen LogP contribution in [0.1, 0.15) is 30.6 Å². The smallest absolute Gasteiger partial charge is 0.257 e. The molecule has 2 heterocycles. The highest BCUT2D eigenvalue weighted by Gasteiger charge is 2.10. The minimum Gasteiger partial charge on any atom is -0.384 e. The molecule has 3 aromatic rings. The number of carbonyl (C=O) groups is 1. The fraction of sp³-hybridized carbons (Fsp3) is 0.250. The molecule has 5 heteroatoms. The molecule has 0 aliphatic heterocycles. The van der Waals surface area contributed by atoms with Crippen LogP contribution in [0.5, 0.6) is 0 Å². The van der Waals surface area contributed by atoms with Crippen LogP contribution in [-0.2, 0) is 0 Å². The largest absolute Gasteiger partial charge is 0.384 e. The van der Waals surface area contributed by atoms with Gasteiger partial charge in [0.25, 0.3) is 5.91 Å². The van der Waals surface area contributed by atoms with Gasteiger partial charge in [-0.05, 0) is 30.5 Å². The van der Waals surface area contributed by atoms with Crippen LogP contribution in [-0.4, -0.2) is 22.4 Å². The first-order valence-corrected chi connectivity index (χ1v) is 8.47. The summed E-state index contributed by atoms with van der Waals surface area (Å²) < 4.78 is 0. The summed E-state index contributed by atoms with van der Waals surface area (Å²) in [5, 5.41) is 7.23. The van der Waals surface area contributed by atoms with E-state index >= 15 is 0 Å². The van der Waals surface area contributed by atoms with Crippen LogP contribution in [0, 0.1) is 5.92 Å². The van der Waals surface area contributed by atoms with Gasteiger partial charge in [-0.2, -0.15) is 0 Å². The molecule has 1 aromatic carbocycles. The Morgan fingerprint density at radius 1 is 1.16 bits per heavy atom. The zero-order valence-corrected chi connectivity index (χ0v) is 14.5. The first-order chi connectivity index (χ1) is 12.1. The molecule has 0 aliphatic rings. The maximum Gasteiger partial charge on any atom is 0.257 e. The van der Waals surface area contributed by atoms with E-state index in [2.05, 4.69) is 34.4 Å². The molecule has 0 saturated heterocycles. The molecule has 0 atom stereocenters. The quantitative estimate of drug-likeness (QED) is 0.704. The summed E-state index contributed by atoms with van der Waals surface area (Å²) in [6.45, 7) is 5.22. The standard InChI is InChI=1S/C20H22N4O/c1-14(2)8-10-22-17-11-16(12-21-13-17)20(25)24-18-7-3-5-15-6-4-9-23-19(15)18/h3-7,9,11-14,22H,8,10H2,1-2H3,(H,24,25). The lowest BCUT2D eigenvalue weighted by atomic mass is 10.1. The Kier molecular flexibility index (Phi) is 5.23. The summed E-state index contributed by atoms with van der Waals surface area (Å²) in [4.78, 5) is 21.1. The summed E-state index contributed by atoms with van der Waals surface area (Å²) >= 11 is 0. The summed E-state index contributed by atoms with van der Waals surface area (Å²) in [5.41, 5.74) is 2.84. The summed E-state index contributed by atoms with van der Waals surface area (Å²) in [5.74, 6) is 0.434. The van der Waals surface area contributed by atoms with Gasteiger partial charge in [0.05, 0.1) is 22.5 Å². The SMILES string of the molecule is CC(C)CCNc1cncc(C(=O)Nc2cccc3cccnc23)c1. The van der Waals surface area contributed by atoms with Gasteiger partial charge in [-0.15, -0.1) is 0 Å². The van der Waals surface area contributed by atoms with E-state index < -0.39 is 0 Å². The third kappa shape index (κ3) is 4.32. The Morgan fingerprint density at radius 2 is 2.00 bits per heavy atom. The van der Waals surface area contributed by atoms with Crippen molar-refractivity contribution in [2.45, 2.75) is 20.3 Å². The predicted octanol–water partition coefficient (Wildman–Crippen LogP) is 4.34. The second-order valence-electron chi connectivity index (χ2n) is 6.41. The van der Waals surface area contributed by atoms with Gasteiger partial charge in [0.15, 0.2) is 0 Å². The summed E-state index contributed by atoms with van der Waals surface area (Å²) in [6.07, 6.45) is 6.09. The lowest BCUT2D eigenvalue weighted by molar-refractivity contribution is 0.102. The number of nitrogens with zero attached hydrogens (tertiary/aromatic N) is 2. The number of para-hydroxylation sites is 1. The number of carbonyl (C=O) groups excluding carboxylic acids is 1. The van der Waals surface area contributed by atoms with E-state index in [9.17, 15) is 4.79 Å². The van der Waals surface area contributed by atoms with Gasteiger partial charge in [0, 0.05) is 30.5 Å². The number of rotatable bonds is 6. The van der Waals surface area contributed by atoms with Crippen LogP contribution in [0.15, 0.2) is 55.0 Å². The lowest BCUT2D eigenvalue weighted by Gasteiger charge is -2.10. The van der Waals surface area contributed by atoms with Crippen LogP contribution in [0.2, 0.25) is 0 Å². The number of benzene rings is 1. The average Bonchev–Trinajstić information content (AvgIpc) is 2.62. The highest BCUT2D eigenvalue weighted by Crippen LogP contribution is 2.21. The highest BCUT2D eigenvalue weighted by atomic mass is 16.1. The first-order valence-electron chi connectivity index (χ1n) is 8.47. The van der Waals surface area contributed by atoms with Crippen LogP contribution in [0.25, 0.3) is 10.9 Å². The molecule has 128 valence electrons. The van der Waals surface area contributed by atoms with E-state index in [-0.39, 0.29) is 5.91 Å². The van der Waals surface area contributed by atoms with Gasteiger partial charge < -0.3 is 10.6 Å². The van der Waals surface area contributed by atoms with Crippen molar-refractivity contribution in [3.8, 4) is 0 Å². The van der Waals surface area contributed by atoms with E-state index in [1.807, 2.05) is 36.4 Å². The normalized spacial score (nSPS) is 10.8. The number of amides is 1. The molecule has 0 fully saturated rings. The molecule has 3 rings (SSSR count). The fourth-order valence-corrected chi connectivity index (χ4v) is 2.57. The number of anilines is 2. The molecule has 5 nitrogen and oxygen atoms in total. The van der Waals surface area contributed by atoms with Crippen LogP contribution >= 0.6 is 0 Å². The molecule has 2 N–H and O–H groups in total. The Labute approximate surface area is 147 Å². The topological polar surface area (TPSA) is 66.9 Å². The number of fused-ring (bicyclic) bond motifs is 1. The molecule has 2 aromatic heterocycles. The van der Waals surface area contributed by atoms with Crippen molar-refractivity contribution in [3.05, 3.63) is 60.6 Å². The van der Waals surface area contributed by atoms with Gasteiger partial charge in [0.1, 0.15) is 0 Å². The monoisotopic (exact) mass is 334 g/mol. The minimum absolute atomic E-state index is 0.196. The molecule has 0 unspecified atom stereocenters. The first kappa shape index (κ1) is 16.9. The summed E-state index contributed by atoms with van der Waals surface area (Å²) in [7, 11) is 0. The molecule has 25 heavy (non-hydrogen) atoms. The number of nitrogens with one attached hydrogen (secondary N) is 2. The lowest BCUT2D eigenvalue weighted by Crippen LogP contribution is -2.13. The second-order valence-corrected chi connectivity index (χ2v) is 6.41.